The summed E-state index contributed by atoms with van der Waals surface area (Å²) in [7, 11) is 1.50. The maximum atomic E-state index is 12.9. The number of benzene rings is 2. The van der Waals surface area contributed by atoms with E-state index in [4.69, 9.17) is 14.6 Å². The summed E-state index contributed by atoms with van der Waals surface area (Å²) < 4.78 is 10.4. The molecule has 2 aromatic rings. The number of ketones is 1. The first-order valence-electron chi connectivity index (χ1n) is 9.74. The molecule has 2 N–H and O–H groups in total. The van der Waals surface area contributed by atoms with Crippen LogP contribution >= 0.6 is 0 Å². The molecular formula is C22H22N2O8. The highest BCUT2D eigenvalue weighted by Gasteiger charge is 2.46. The lowest BCUT2D eigenvalue weighted by atomic mass is 9.95. The Hall–Kier alpha value is -3.76. The van der Waals surface area contributed by atoms with Crippen LogP contribution in [0.5, 0.6) is 5.75 Å². The Labute approximate surface area is 183 Å². The number of non-ortho nitro benzene ring substituents is 1. The molecular weight excluding hydrogens is 420 g/mol. The second-order valence-corrected chi connectivity index (χ2v) is 6.91. The third-order valence-corrected chi connectivity index (χ3v) is 5.01. The first kappa shape index (κ1) is 22.9. The van der Waals surface area contributed by atoms with E-state index in [-0.39, 0.29) is 43.2 Å². The van der Waals surface area contributed by atoms with Crippen LogP contribution in [0.15, 0.2) is 54.1 Å². The van der Waals surface area contributed by atoms with Gasteiger partial charge in [0.25, 0.3) is 17.4 Å². The average molecular weight is 442 g/mol. The molecule has 1 heterocycles. The van der Waals surface area contributed by atoms with Crippen molar-refractivity contribution >= 4 is 23.1 Å². The molecule has 0 bridgehead atoms. The molecule has 2 aromatic carbocycles. The quantitative estimate of drug-likeness (QED) is 0.150. The molecule has 0 radical (unpaired) electrons. The van der Waals surface area contributed by atoms with Crippen molar-refractivity contribution in [2.75, 3.05) is 33.5 Å². The number of hydrogen-bond donors (Lipinski definition) is 2. The Kier molecular flexibility index (Phi) is 7.18. The number of ether oxygens (including phenoxy) is 2. The third-order valence-electron chi connectivity index (χ3n) is 5.01. The van der Waals surface area contributed by atoms with Crippen LogP contribution < -0.4 is 4.74 Å². The third kappa shape index (κ3) is 4.61. The first-order valence-corrected chi connectivity index (χ1v) is 9.74. The van der Waals surface area contributed by atoms with Crippen LogP contribution in [0.1, 0.15) is 17.2 Å². The zero-order chi connectivity index (χ0) is 23.3. The van der Waals surface area contributed by atoms with Gasteiger partial charge in [-0.3, -0.25) is 19.7 Å². The number of nitrogens with zero attached hydrogens (tertiary/aromatic N) is 2. The van der Waals surface area contributed by atoms with Gasteiger partial charge in [-0.25, -0.2) is 0 Å². The number of methoxy groups -OCH3 is 1. The van der Waals surface area contributed by atoms with Crippen molar-refractivity contribution in [1.82, 2.24) is 4.90 Å². The molecule has 0 aromatic heterocycles. The van der Waals surface area contributed by atoms with Gasteiger partial charge >= 0.3 is 0 Å². The molecule has 10 nitrogen and oxygen atoms in total. The molecule has 0 saturated carbocycles. The molecule has 3 rings (SSSR count). The van der Waals surface area contributed by atoms with Gasteiger partial charge in [0, 0.05) is 24.2 Å². The van der Waals surface area contributed by atoms with Crippen molar-refractivity contribution in [3.8, 4) is 5.75 Å². The van der Waals surface area contributed by atoms with E-state index in [1.54, 1.807) is 24.3 Å². The number of amides is 1. The molecule has 1 fully saturated rings. The number of aliphatic hydroxyl groups is 2. The summed E-state index contributed by atoms with van der Waals surface area (Å²) >= 11 is 0. The van der Waals surface area contributed by atoms with E-state index in [9.17, 15) is 24.8 Å². The van der Waals surface area contributed by atoms with Crippen molar-refractivity contribution in [3.05, 3.63) is 75.3 Å². The van der Waals surface area contributed by atoms with Crippen molar-refractivity contribution in [1.29, 1.82) is 0 Å². The molecule has 1 unspecified atom stereocenters. The van der Waals surface area contributed by atoms with Crippen LogP contribution in [0.2, 0.25) is 0 Å². The molecule has 1 atom stereocenters. The van der Waals surface area contributed by atoms with Crippen LogP contribution in [-0.4, -0.2) is 65.2 Å². The van der Waals surface area contributed by atoms with Gasteiger partial charge in [-0.05, 0) is 17.7 Å². The van der Waals surface area contributed by atoms with E-state index in [0.29, 0.717) is 11.3 Å². The highest BCUT2D eigenvalue weighted by Crippen LogP contribution is 2.40. The van der Waals surface area contributed by atoms with Gasteiger partial charge in [0.05, 0.1) is 43.5 Å². The molecule has 32 heavy (non-hydrogen) atoms. The second-order valence-electron chi connectivity index (χ2n) is 6.91. The lowest BCUT2D eigenvalue weighted by Crippen LogP contribution is -2.33. The average Bonchev–Trinajstić information content (AvgIpc) is 3.06. The fourth-order valence-electron chi connectivity index (χ4n) is 3.50. The molecule has 0 aliphatic carbocycles. The number of nitro groups is 1. The van der Waals surface area contributed by atoms with E-state index in [1.165, 1.54) is 30.2 Å². The van der Waals surface area contributed by atoms with Gasteiger partial charge in [-0.2, -0.15) is 0 Å². The largest absolute Gasteiger partial charge is 0.507 e. The highest BCUT2D eigenvalue weighted by atomic mass is 16.6. The van der Waals surface area contributed by atoms with E-state index >= 15 is 0 Å². The summed E-state index contributed by atoms with van der Waals surface area (Å²) in [6.45, 7) is -0.0115. The molecule has 10 heteroatoms. The molecule has 1 saturated heterocycles. The second kappa shape index (κ2) is 10.0. The van der Waals surface area contributed by atoms with Gasteiger partial charge in [0.2, 0.25) is 0 Å². The lowest BCUT2D eigenvalue weighted by Gasteiger charge is -2.25. The van der Waals surface area contributed by atoms with Crippen LogP contribution in [-0.2, 0) is 14.3 Å². The summed E-state index contributed by atoms with van der Waals surface area (Å²) in [5, 5.41) is 30.9. The Morgan fingerprint density at radius 1 is 1.16 bits per heavy atom. The van der Waals surface area contributed by atoms with Crippen LogP contribution in [0, 0.1) is 10.1 Å². The number of rotatable bonds is 9. The lowest BCUT2D eigenvalue weighted by molar-refractivity contribution is -0.384. The molecule has 168 valence electrons. The maximum absolute atomic E-state index is 12.9. The summed E-state index contributed by atoms with van der Waals surface area (Å²) in [5.74, 6) is -1.68. The topological polar surface area (TPSA) is 139 Å². The minimum atomic E-state index is -0.933. The Morgan fingerprint density at radius 2 is 1.88 bits per heavy atom. The predicted octanol–water partition coefficient (Wildman–Crippen LogP) is 2.03. The van der Waals surface area contributed by atoms with Gasteiger partial charge in [-0.1, -0.05) is 24.3 Å². The maximum Gasteiger partial charge on any atom is 0.295 e. The van der Waals surface area contributed by atoms with Crippen LogP contribution in [0.3, 0.4) is 0 Å². The molecule has 1 aliphatic rings. The number of carbonyl (C=O) groups excluding carboxylic acids is 2. The number of carbonyl (C=O) groups is 2. The van der Waals surface area contributed by atoms with Crippen molar-refractivity contribution in [3.63, 3.8) is 0 Å². The van der Waals surface area contributed by atoms with Crippen LogP contribution in [0.4, 0.5) is 5.69 Å². The number of Topliss-reactive ketones (excluding diaryl/α,β-unsaturated/α-hetero) is 1. The fourth-order valence-corrected chi connectivity index (χ4v) is 3.50. The Morgan fingerprint density at radius 3 is 2.50 bits per heavy atom. The van der Waals surface area contributed by atoms with Crippen molar-refractivity contribution in [2.45, 2.75) is 6.04 Å². The number of aliphatic hydroxyl groups excluding tert-OH is 2. The Bertz CT molecular complexity index is 1050. The molecule has 1 aliphatic heterocycles. The minimum absolute atomic E-state index is 0.0347. The van der Waals surface area contributed by atoms with E-state index < -0.39 is 28.4 Å². The van der Waals surface area contributed by atoms with E-state index in [0.717, 1.165) is 6.07 Å². The molecule has 1 amide bonds. The smallest absolute Gasteiger partial charge is 0.295 e. The molecule has 0 spiro atoms. The highest BCUT2D eigenvalue weighted by molar-refractivity contribution is 6.46. The number of hydrogen-bond acceptors (Lipinski definition) is 8. The fraction of sp³-hybridized carbons (Fsp3) is 0.273. The summed E-state index contributed by atoms with van der Waals surface area (Å²) in [6, 6.07) is 10.9. The van der Waals surface area contributed by atoms with Crippen molar-refractivity contribution < 1.29 is 34.2 Å². The summed E-state index contributed by atoms with van der Waals surface area (Å²) in [6.07, 6.45) is 0. The zero-order valence-electron chi connectivity index (χ0n) is 17.3. The number of nitro benzene ring substituents is 1. The normalized spacial score (nSPS) is 17.6. The standard InChI is InChI=1S/C22H22N2O8/c1-31-17-7-5-14(6-8-17)19-18(20(26)15-3-2-4-16(13-15)24(29)30)21(27)22(28)23(19)9-11-32-12-10-25/h2-8,13,19,25-26H,9-12H2,1H3. The van der Waals surface area contributed by atoms with Crippen molar-refractivity contribution in [2.24, 2.45) is 0 Å². The van der Waals surface area contributed by atoms with Crippen LogP contribution in [0.25, 0.3) is 5.76 Å². The summed E-state index contributed by atoms with van der Waals surface area (Å²) in [5.41, 5.74) is 0.149. The SMILES string of the molecule is COc1ccc(C2C(=C(O)c3cccc([N+](=O)[O-])c3)C(=O)C(=O)N2CCOCCO)cc1. The number of likely N-dealkylation sites (tertiary alicyclic amines) is 1. The van der Waals surface area contributed by atoms with Gasteiger partial charge in [0.15, 0.2) is 0 Å². The summed E-state index contributed by atoms with van der Waals surface area (Å²) in [4.78, 5) is 37.5. The minimum Gasteiger partial charge on any atom is -0.507 e. The van der Waals surface area contributed by atoms with Gasteiger partial charge < -0.3 is 24.6 Å². The predicted molar refractivity (Wildman–Crippen MR) is 113 cm³/mol. The van der Waals surface area contributed by atoms with Gasteiger partial charge in [0.1, 0.15) is 11.5 Å². The van der Waals surface area contributed by atoms with E-state index in [2.05, 4.69) is 0 Å². The van der Waals surface area contributed by atoms with Gasteiger partial charge in [-0.15, -0.1) is 0 Å². The zero-order valence-corrected chi connectivity index (χ0v) is 17.3. The monoisotopic (exact) mass is 442 g/mol. The van der Waals surface area contributed by atoms with E-state index in [1.807, 2.05) is 0 Å². The first-order chi connectivity index (χ1) is 15.4. The Balaban J connectivity index is 2.09.